The normalized spacial score (nSPS) is 17.2. The van der Waals surface area contributed by atoms with E-state index >= 15 is 0 Å². The van der Waals surface area contributed by atoms with E-state index in [9.17, 15) is 5.11 Å². The van der Waals surface area contributed by atoms with Gasteiger partial charge in [0.05, 0.1) is 12.6 Å². The maximum absolute atomic E-state index is 9.53. The van der Waals surface area contributed by atoms with Gasteiger partial charge in [-0.15, -0.1) is 11.3 Å². The summed E-state index contributed by atoms with van der Waals surface area (Å²) in [7, 11) is 0. The van der Waals surface area contributed by atoms with Gasteiger partial charge in [0.1, 0.15) is 5.01 Å². The van der Waals surface area contributed by atoms with Crippen LogP contribution in [0.25, 0.3) is 0 Å². The van der Waals surface area contributed by atoms with E-state index in [-0.39, 0.29) is 6.10 Å². The Morgan fingerprint density at radius 1 is 1.38 bits per heavy atom. The molecule has 0 saturated carbocycles. The fourth-order valence-corrected chi connectivity index (χ4v) is 3.51. The first kappa shape index (κ1) is 19.1. The van der Waals surface area contributed by atoms with Crippen molar-refractivity contribution in [2.24, 2.45) is 4.99 Å². The van der Waals surface area contributed by atoms with E-state index in [0.29, 0.717) is 6.54 Å². The third kappa shape index (κ3) is 6.75. The van der Waals surface area contributed by atoms with E-state index in [1.54, 1.807) is 11.3 Å². The summed E-state index contributed by atoms with van der Waals surface area (Å²) in [6.45, 7) is 9.72. The predicted molar refractivity (Wildman–Crippen MR) is 101 cm³/mol. The van der Waals surface area contributed by atoms with Crippen molar-refractivity contribution in [2.75, 3.05) is 32.7 Å². The van der Waals surface area contributed by atoms with Gasteiger partial charge < -0.3 is 20.6 Å². The molecule has 1 aromatic heterocycles. The number of nitrogens with zero attached hydrogens (tertiary/aromatic N) is 3. The average Bonchev–Trinajstić information content (AvgIpc) is 3.06. The number of hydrogen-bond donors (Lipinski definition) is 3. The molecule has 0 spiro atoms. The second kappa shape index (κ2) is 10.6. The van der Waals surface area contributed by atoms with Crippen LogP contribution in [-0.2, 0) is 13.0 Å². The van der Waals surface area contributed by atoms with Gasteiger partial charge in [-0.3, -0.25) is 0 Å². The largest absolute Gasteiger partial charge is 0.393 e. The van der Waals surface area contributed by atoms with Crippen molar-refractivity contribution in [3.05, 3.63) is 16.1 Å². The summed E-state index contributed by atoms with van der Waals surface area (Å²) in [6, 6.07) is 0. The van der Waals surface area contributed by atoms with Gasteiger partial charge in [0.2, 0.25) is 0 Å². The number of guanidine groups is 1. The van der Waals surface area contributed by atoms with Crippen LogP contribution in [0.2, 0.25) is 0 Å². The minimum atomic E-state index is -0.0917. The first-order valence-electron chi connectivity index (χ1n) is 9.07. The summed E-state index contributed by atoms with van der Waals surface area (Å²) in [6.07, 6.45) is 5.79. The Kier molecular flexibility index (Phi) is 8.49. The molecule has 136 valence electrons. The molecule has 0 bridgehead atoms. The Hall–Kier alpha value is -1.18. The van der Waals surface area contributed by atoms with E-state index in [1.165, 1.54) is 4.88 Å². The Morgan fingerprint density at radius 3 is 2.83 bits per heavy atom. The number of thiazole rings is 1. The van der Waals surface area contributed by atoms with Crippen molar-refractivity contribution >= 4 is 17.3 Å². The number of hydrogen-bond acceptors (Lipinski definition) is 5. The summed E-state index contributed by atoms with van der Waals surface area (Å²) in [5, 5.41) is 17.3. The lowest BCUT2D eigenvalue weighted by atomic mass is 10.1. The highest BCUT2D eigenvalue weighted by molar-refractivity contribution is 7.11. The molecule has 3 N–H and O–H groups in total. The molecule has 6 nitrogen and oxygen atoms in total. The monoisotopic (exact) mass is 353 g/mol. The number of aliphatic hydroxyl groups is 1. The summed E-state index contributed by atoms with van der Waals surface area (Å²) >= 11 is 1.74. The van der Waals surface area contributed by atoms with Crippen LogP contribution >= 0.6 is 11.3 Å². The molecule has 0 radical (unpaired) electrons. The van der Waals surface area contributed by atoms with Crippen LogP contribution in [0.3, 0.4) is 0 Å². The number of likely N-dealkylation sites (tertiary alicyclic amines) is 1. The van der Waals surface area contributed by atoms with Gasteiger partial charge in [-0.2, -0.15) is 0 Å². The first-order chi connectivity index (χ1) is 11.7. The number of rotatable bonds is 8. The highest BCUT2D eigenvalue weighted by atomic mass is 32.1. The third-order valence-corrected chi connectivity index (χ3v) is 5.29. The SMILES string of the molecule is CCNC(=NCc1ncc(CC)s1)NCCCN1CCC(O)CC1. The summed E-state index contributed by atoms with van der Waals surface area (Å²) in [5.41, 5.74) is 0. The van der Waals surface area contributed by atoms with E-state index in [0.717, 1.165) is 69.4 Å². The number of nitrogens with one attached hydrogen (secondary N) is 2. The van der Waals surface area contributed by atoms with Gasteiger partial charge in [-0.1, -0.05) is 6.92 Å². The Morgan fingerprint density at radius 2 is 2.17 bits per heavy atom. The van der Waals surface area contributed by atoms with Crippen LogP contribution in [-0.4, -0.2) is 59.8 Å². The van der Waals surface area contributed by atoms with Gasteiger partial charge in [0.15, 0.2) is 5.96 Å². The zero-order chi connectivity index (χ0) is 17.2. The lowest BCUT2D eigenvalue weighted by Gasteiger charge is -2.29. The molecule has 1 saturated heterocycles. The molecule has 2 heterocycles. The number of aliphatic hydroxyl groups excluding tert-OH is 1. The molecule has 24 heavy (non-hydrogen) atoms. The van der Waals surface area contributed by atoms with Crippen LogP contribution in [0, 0.1) is 0 Å². The molecule has 1 fully saturated rings. The molecule has 0 amide bonds. The van der Waals surface area contributed by atoms with E-state index in [1.807, 2.05) is 6.20 Å². The van der Waals surface area contributed by atoms with Crippen molar-refractivity contribution in [2.45, 2.75) is 52.2 Å². The zero-order valence-electron chi connectivity index (χ0n) is 14.9. The summed E-state index contributed by atoms with van der Waals surface area (Å²) in [4.78, 5) is 12.8. The molecule has 1 aliphatic rings. The topological polar surface area (TPSA) is 72.8 Å². The average molecular weight is 354 g/mol. The van der Waals surface area contributed by atoms with Crippen LogP contribution in [0.1, 0.15) is 43.0 Å². The van der Waals surface area contributed by atoms with Crippen LogP contribution in [0.4, 0.5) is 0 Å². The third-order valence-electron chi connectivity index (χ3n) is 4.17. The number of piperidine rings is 1. The first-order valence-corrected chi connectivity index (χ1v) is 9.89. The van der Waals surface area contributed by atoms with Crippen molar-refractivity contribution in [3.8, 4) is 0 Å². The molecule has 1 aliphatic heterocycles. The number of aromatic nitrogens is 1. The predicted octanol–water partition coefficient (Wildman–Crippen LogP) is 1.61. The fraction of sp³-hybridized carbons (Fsp3) is 0.765. The standard InChI is InChI=1S/C17H31N5OS/c1-3-15-12-20-16(24-15)13-21-17(18-4-2)19-8-5-9-22-10-6-14(23)7-11-22/h12,14,23H,3-11,13H2,1-2H3,(H2,18,19,21). The quantitative estimate of drug-likeness (QED) is 0.376. The molecule has 7 heteroatoms. The van der Waals surface area contributed by atoms with Gasteiger partial charge in [0.25, 0.3) is 0 Å². The van der Waals surface area contributed by atoms with Crippen molar-refractivity contribution in [1.82, 2.24) is 20.5 Å². The van der Waals surface area contributed by atoms with Crippen molar-refractivity contribution < 1.29 is 5.11 Å². The molecule has 1 aromatic rings. The molecule has 0 aromatic carbocycles. The molecular formula is C17H31N5OS. The minimum Gasteiger partial charge on any atom is -0.393 e. The van der Waals surface area contributed by atoms with E-state index in [4.69, 9.17) is 0 Å². The van der Waals surface area contributed by atoms with Crippen LogP contribution < -0.4 is 10.6 Å². The molecule has 0 unspecified atom stereocenters. The Balaban J connectivity index is 1.69. The zero-order valence-corrected chi connectivity index (χ0v) is 15.7. The highest BCUT2D eigenvalue weighted by Crippen LogP contribution is 2.14. The van der Waals surface area contributed by atoms with Crippen LogP contribution in [0.5, 0.6) is 0 Å². The van der Waals surface area contributed by atoms with Gasteiger partial charge in [-0.25, -0.2) is 9.98 Å². The summed E-state index contributed by atoms with van der Waals surface area (Å²) < 4.78 is 0. The van der Waals surface area contributed by atoms with Crippen LogP contribution in [0.15, 0.2) is 11.2 Å². The second-order valence-corrected chi connectivity index (χ2v) is 7.32. The molecule has 0 aliphatic carbocycles. The smallest absolute Gasteiger partial charge is 0.191 e. The highest BCUT2D eigenvalue weighted by Gasteiger charge is 2.15. The maximum atomic E-state index is 9.53. The molecule has 2 rings (SSSR count). The second-order valence-electron chi connectivity index (χ2n) is 6.12. The van der Waals surface area contributed by atoms with Gasteiger partial charge in [0, 0.05) is 37.3 Å². The Bertz CT molecular complexity index is 497. The van der Waals surface area contributed by atoms with E-state index < -0.39 is 0 Å². The molecular weight excluding hydrogens is 322 g/mol. The number of aliphatic imine (C=N–C) groups is 1. The van der Waals surface area contributed by atoms with Gasteiger partial charge >= 0.3 is 0 Å². The van der Waals surface area contributed by atoms with Crippen molar-refractivity contribution in [1.29, 1.82) is 0 Å². The van der Waals surface area contributed by atoms with Gasteiger partial charge in [-0.05, 0) is 39.2 Å². The Labute approximate surface area is 149 Å². The minimum absolute atomic E-state index is 0.0917. The van der Waals surface area contributed by atoms with Crippen molar-refractivity contribution in [3.63, 3.8) is 0 Å². The fourth-order valence-electron chi connectivity index (χ4n) is 2.73. The lowest BCUT2D eigenvalue weighted by molar-refractivity contribution is 0.0823. The lowest BCUT2D eigenvalue weighted by Crippen LogP contribution is -2.40. The van der Waals surface area contributed by atoms with E-state index in [2.05, 4.69) is 39.4 Å². The maximum Gasteiger partial charge on any atom is 0.191 e. The number of aryl methyl sites for hydroxylation is 1. The molecule has 0 atom stereocenters. The summed E-state index contributed by atoms with van der Waals surface area (Å²) in [5.74, 6) is 0.861.